The van der Waals surface area contributed by atoms with Crippen LogP contribution in [0.1, 0.15) is 71.1 Å². The predicted molar refractivity (Wildman–Crippen MR) is 83.8 cm³/mol. The maximum absolute atomic E-state index is 10.3. The third-order valence-electron chi connectivity index (χ3n) is 3.13. The van der Waals surface area contributed by atoms with Gasteiger partial charge in [0.15, 0.2) is 0 Å². The Morgan fingerprint density at radius 2 is 1.65 bits per heavy atom. The van der Waals surface area contributed by atoms with Crippen molar-refractivity contribution in [1.82, 2.24) is 0 Å². The average Bonchev–Trinajstić information content (AvgIpc) is 2.41. The number of aliphatic carboxylic acids is 1. The molecule has 2 N–H and O–H groups in total. The van der Waals surface area contributed by atoms with Gasteiger partial charge < -0.3 is 10.2 Å². The summed E-state index contributed by atoms with van der Waals surface area (Å²) >= 11 is 0. The molecule has 0 aromatic heterocycles. The molecule has 0 saturated heterocycles. The number of allylic oxidation sites excluding steroid dienone is 3. The molecule has 0 amide bonds. The number of aliphatic hydroxyl groups is 1. The first-order chi connectivity index (χ1) is 9.66. The molecule has 0 bridgehead atoms. The van der Waals surface area contributed by atoms with E-state index in [-0.39, 0.29) is 12.5 Å². The van der Waals surface area contributed by atoms with E-state index < -0.39 is 5.97 Å². The Bertz CT molecular complexity index is 282. The Morgan fingerprint density at radius 1 is 1.00 bits per heavy atom. The van der Waals surface area contributed by atoms with Gasteiger partial charge in [-0.15, -0.1) is 0 Å². The van der Waals surface area contributed by atoms with Crippen molar-refractivity contribution in [2.75, 3.05) is 0 Å². The predicted octanol–water partition coefficient (Wildman–Crippen LogP) is 4.47. The van der Waals surface area contributed by atoms with E-state index in [0.29, 0.717) is 0 Å². The summed E-state index contributed by atoms with van der Waals surface area (Å²) in [7, 11) is 0. The first-order valence-electron chi connectivity index (χ1n) is 7.88. The van der Waals surface area contributed by atoms with E-state index >= 15 is 0 Å². The molecule has 0 aliphatic heterocycles. The van der Waals surface area contributed by atoms with Crippen LogP contribution in [0.3, 0.4) is 0 Å². The molecule has 0 spiro atoms. The lowest BCUT2D eigenvalue weighted by molar-refractivity contribution is -0.137. The quantitative estimate of drug-likeness (QED) is 0.387. The van der Waals surface area contributed by atoms with Crippen LogP contribution in [0, 0.1) is 0 Å². The van der Waals surface area contributed by atoms with Crippen LogP contribution in [-0.2, 0) is 4.79 Å². The highest BCUT2D eigenvalue weighted by Gasteiger charge is 1.97. The summed E-state index contributed by atoms with van der Waals surface area (Å²) in [5, 5.41) is 18.1. The number of carboxylic acids is 1. The summed E-state index contributed by atoms with van der Waals surface area (Å²) < 4.78 is 0. The van der Waals surface area contributed by atoms with Gasteiger partial charge >= 0.3 is 5.97 Å². The molecule has 1 atom stereocenters. The lowest BCUT2D eigenvalue weighted by atomic mass is 10.1. The lowest BCUT2D eigenvalue weighted by Gasteiger charge is -2.03. The average molecular weight is 282 g/mol. The zero-order valence-corrected chi connectivity index (χ0v) is 12.8. The molecule has 0 aliphatic carbocycles. The van der Waals surface area contributed by atoms with E-state index in [1.165, 1.54) is 12.8 Å². The Balaban J connectivity index is 3.37. The van der Waals surface area contributed by atoms with E-state index in [9.17, 15) is 9.90 Å². The van der Waals surface area contributed by atoms with Crippen molar-refractivity contribution in [3.63, 3.8) is 0 Å². The molecule has 20 heavy (non-hydrogen) atoms. The number of hydrogen-bond donors (Lipinski definition) is 2. The monoisotopic (exact) mass is 282 g/mol. The summed E-state index contributed by atoms with van der Waals surface area (Å²) in [6, 6.07) is 0. The normalized spacial score (nSPS) is 13.3. The summed E-state index contributed by atoms with van der Waals surface area (Å²) in [5.41, 5.74) is 0. The number of carbonyl (C=O) groups is 1. The van der Waals surface area contributed by atoms with Crippen molar-refractivity contribution >= 4 is 5.97 Å². The van der Waals surface area contributed by atoms with Gasteiger partial charge in [-0.1, -0.05) is 50.5 Å². The van der Waals surface area contributed by atoms with E-state index in [1.54, 1.807) is 0 Å². The molecule has 0 heterocycles. The maximum atomic E-state index is 10.3. The van der Waals surface area contributed by atoms with Crippen molar-refractivity contribution in [3.05, 3.63) is 24.3 Å². The van der Waals surface area contributed by atoms with Crippen molar-refractivity contribution < 1.29 is 15.0 Å². The van der Waals surface area contributed by atoms with E-state index in [4.69, 9.17) is 5.11 Å². The van der Waals surface area contributed by atoms with Crippen LogP contribution < -0.4 is 0 Å². The molecule has 3 nitrogen and oxygen atoms in total. The van der Waals surface area contributed by atoms with Crippen LogP contribution in [0.5, 0.6) is 0 Å². The highest BCUT2D eigenvalue weighted by Crippen LogP contribution is 2.06. The number of carboxylic acid groups (broad SMARTS) is 1. The topological polar surface area (TPSA) is 57.5 Å². The first kappa shape index (κ1) is 18.9. The second-order valence-corrected chi connectivity index (χ2v) is 5.18. The van der Waals surface area contributed by atoms with Crippen molar-refractivity contribution in [1.29, 1.82) is 0 Å². The zero-order valence-electron chi connectivity index (χ0n) is 12.8. The van der Waals surface area contributed by atoms with Crippen molar-refractivity contribution in [2.24, 2.45) is 0 Å². The molecule has 116 valence electrons. The van der Waals surface area contributed by atoms with E-state index in [2.05, 4.69) is 25.2 Å². The number of unbranched alkanes of at least 4 members (excludes halogenated alkanes) is 5. The second kappa shape index (κ2) is 14.3. The minimum Gasteiger partial charge on any atom is -0.481 e. The van der Waals surface area contributed by atoms with Gasteiger partial charge in [-0.25, -0.2) is 0 Å². The van der Waals surface area contributed by atoms with Gasteiger partial charge in [0.2, 0.25) is 0 Å². The highest BCUT2D eigenvalue weighted by molar-refractivity contribution is 5.66. The third-order valence-corrected chi connectivity index (χ3v) is 3.13. The van der Waals surface area contributed by atoms with Crippen molar-refractivity contribution in [2.45, 2.75) is 77.2 Å². The van der Waals surface area contributed by atoms with Gasteiger partial charge in [0.05, 0.1) is 6.10 Å². The molecule has 1 unspecified atom stereocenters. The van der Waals surface area contributed by atoms with Crippen LogP contribution in [-0.4, -0.2) is 22.3 Å². The molecule has 0 fully saturated rings. The fourth-order valence-electron chi connectivity index (χ4n) is 1.91. The minimum absolute atomic E-state index is 0.253. The van der Waals surface area contributed by atoms with Crippen LogP contribution in [0.4, 0.5) is 0 Å². The molecule has 0 aromatic carbocycles. The van der Waals surface area contributed by atoms with Gasteiger partial charge in [0, 0.05) is 6.42 Å². The highest BCUT2D eigenvalue weighted by atomic mass is 16.4. The second-order valence-electron chi connectivity index (χ2n) is 5.18. The molecular formula is C17H30O3. The van der Waals surface area contributed by atoms with Crippen molar-refractivity contribution in [3.8, 4) is 0 Å². The largest absolute Gasteiger partial charge is 0.481 e. The molecule has 0 rings (SSSR count). The van der Waals surface area contributed by atoms with Gasteiger partial charge in [-0.3, -0.25) is 4.79 Å². The van der Waals surface area contributed by atoms with E-state index in [0.717, 1.165) is 44.9 Å². The van der Waals surface area contributed by atoms with Crippen LogP contribution in [0.25, 0.3) is 0 Å². The van der Waals surface area contributed by atoms with Crippen LogP contribution in [0.15, 0.2) is 24.3 Å². The number of rotatable bonds is 13. The van der Waals surface area contributed by atoms with Crippen LogP contribution in [0.2, 0.25) is 0 Å². The first-order valence-corrected chi connectivity index (χ1v) is 7.88. The van der Waals surface area contributed by atoms with Gasteiger partial charge in [0.25, 0.3) is 0 Å². The fourth-order valence-corrected chi connectivity index (χ4v) is 1.91. The summed E-state index contributed by atoms with van der Waals surface area (Å²) in [6.07, 6.45) is 17.1. The summed E-state index contributed by atoms with van der Waals surface area (Å²) in [5.74, 6) is -0.721. The molecule has 0 aliphatic rings. The Hall–Kier alpha value is -1.09. The van der Waals surface area contributed by atoms with Gasteiger partial charge in [0.1, 0.15) is 0 Å². The van der Waals surface area contributed by atoms with E-state index in [1.807, 2.05) is 6.08 Å². The maximum Gasteiger partial charge on any atom is 0.303 e. The summed E-state index contributed by atoms with van der Waals surface area (Å²) in [6.45, 7) is 2.16. The molecule has 0 saturated carbocycles. The number of aliphatic hydroxyl groups excluding tert-OH is 1. The molecule has 3 heteroatoms. The Kier molecular flexibility index (Phi) is 13.5. The smallest absolute Gasteiger partial charge is 0.303 e. The Labute approximate surface area is 123 Å². The summed E-state index contributed by atoms with van der Waals surface area (Å²) in [4.78, 5) is 10.3. The fraction of sp³-hybridized carbons (Fsp3) is 0.706. The minimum atomic E-state index is -0.721. The molecule has 0 radical (unpaired) electrons. The van der Waals surface area contributed by atoms with Gasteiger partial charge in [-0.2, -0.15) is 0 Å². The zero-order chi connectivity index (χ0) is 15.1. The Morgan fingerprint density at radius 3 is 2.30 bits per heavy atom. The number of hydrogen-bond acceptors (Lipinski definition) is 2. The van der Waals surface area contributed by atoms with Gasteiger partial charge in [-0.05, 0) is 38.5 Å². The lowest BCUT2D eigenvalue weighted by Crippen LogP contribution is -2.01. The standard InChI is InChI=1S/C17H30O3/c1-2-3-10-13-16(18)14-11-8-6-4-5-7-9-12-15-17(19)20/h5,7,11,14,16,18H,2-4,6,8-10,12-13,15H2,1H3,(H,19,20)/b7-5-,14-11+. The third kappa shape index (κ3) is 15.0. The van der Waals surface area contributed by atoms with Crippen LogP contribution >= 0.6 is 0 Å². The molecular weight excluding hydrogens is 252 g/mol. The SMILES string of the molecule is CCCCCC(O)/C=C/CCC/C=C\CCCC(=O)O. The molecule has 0 aromatic rings.